The highest BCUT2D eigenvalue weighted by Gasteiger charge is 2.09. The van der Waals surface area contributed by atoms with Gasteiger partial charge in [-0.15, -0.1) is 23.1 Å². The van der Waals surface area contributed by atoms with Crippen LogP contribution in [0.3, 0.4) is 0 Å². The standard InChI is InChI=1S/C14H16N2S2/c15-14-16-12(9-18-14)8-17-13-6-5-10-3-1-2-4-11(10)7-13/h5-7,9H,1-4,8H2,(H2,15,16). The molecule has 0 saturated carbocycles. The first kappa shape index (κ1) is 12.1. The van der Waals surface area contributed by atoms with Crippen LogP contribution in [0.5, 0.6) is 0 Å². The van der Waals surface area contributed by atoms with Crippen LogP contribution in [-0.2, 0) is 18.6 Å². The molecule has 0 radical (unpaired) electrons. The molecule has 1 aliphatic rings. The van der Waals surface area contributed by atoms with Crippen molar-refractivity contribution in [3.8, 4) is 0 Å². The zero-order valence-corrected chi connectivity index (χ0v) is 11.8. The number of benzene rings is 1. The second-order valence-electron chi connectivity index (χ2n) is 4.60. The molecule has 0 unspecified atom stereocenters. The highest BCUT2D eigenvalue weighted by molar-refractivity contribution is 7.98. The van der Waals surface area contributed by atoms with Gasteiger partial charge in [-0.3, -0.25) is 0 Å². The maximum atomic E-state index is 5.64. The quantitative estimate of drug-likeness (QED) is 0.864. The smallest absolute Gasteiger partial charge is 0.180 e. The third-order valence-electron chi connectivity index (χ3n) is 3.28. The van der Waals surface area contributed by atoms with E-state index in [9.17, 15) is 0 Å². The molecule has 0 bridgehead atoms. The molecule has 0 atom stereocenters. The number of aryl methyl sites for hydroxylation is 2. The number of aromatic nitrogens is 1. The van der Waals surface area contributed by atoms with E-state index >= 15 is 0 Å². The normalized spacial score (nSPS) is 14.4. The number of thioether (sulfide) groups is 1. The summed E-state index contributed by atoms with van der Waals surface area (Å²) in [7, 11) is 0. The van der Waals surface area contributed by atoms with Crippen molar-refractivity contribution in [1.29, 1.82) is 0 Å². The van der Waals surface area contributed by atoms with Crippen LogP contribution in [0.4, 0.5) is 5.13 Å². The predicted octanol–water partition coefficient (Wildman–Crippen LogP) is 3.90. The summed E-state index contributed by atoms with van der Waals surface area (Å²) in [6.45, 7) is 0. The molecule has 2 nitrogen and oxygen atoms in total. The molecule has 0 aliphatic heterocycles. The number of nitrogen functional groups attached to an aromatic ring is 1. The van der Waals surface area contributed by atoms with Crippen LogP contribution in [-0.4, -0.2) is 4.98 Å². The number of nitrogens with zero attached hydrogens (tertiary/aromatic N) is 1. The fourth-order valence-corrected chi connectivity index (χ4v) is 3.87. The summed E-state index contributed by atoms with van der Waals surface area (Å²) in [5.41, 5.74) is 9.81. The number of nitrogens with two attached hydrogens (primary N) is 1. The van der Waals surface area contributed by atoms with Gasteiger partial charge in [0.25, 0.3) is 0 Å². The topological polar surface area (TPSA) is 38.9 Å². The molecule has 1 aromatic heterocycles. The van der Waals surface area contributed by atoms with E-state index in [1.807, 2.05) is 17.1 Å². The number of fused-ring (bicyclic) bond motifs is 1. The second kappa shape index (κ2) is 5.33. The minimum Gasteiger partial charge on any atom is -0.375 e. The van der Waals surface area contributed by atoms with Crippen LogP contribution >= 0.6 is 23.1 Å². The Morgan fingerprint density at radius 3 is 2.83 bits per heavy atom. The van der Waals surface area contributed by atoms with E-state index in [0.29, 0.717) is 5.13 Å². The van der Waals surface area contributed by atoms with Gasteiger partial charge in [-0.1, -0.05) is 6.07 Å². The maximum Gasteiger partial charge on any atom is 0.180 e. The molecule has 1 aromatic carbocycles. The Labute approximate surface area is 116 Å². The molecule has 18 heavy (non-hydrogen) atoms. The third-order valence-corrected chi connectivity index (χ3v) is 5.03. The van der Waals surface area contributed by atoms with Crippen LogP contribution in [0.2, 0.25) is 0 Å². The minimum atomic E-state index is 0.663. The van der Waals surface area contributed by atoms with Gasteiger partial charge in [-0.2, -0.15) is 0 Å². The summed E-state index contributed by atoms with van der Waals surface area (Å²) in [6, 6.07) is 6.89. The summed E-state index contributed by atoms with van der Waals surface area (Å²) < 4.78 is 0. The zero-order valence-electron chi connectivity index (χ0n) is 10.2. The molecule has 0 fully saturated rings. The Kier molecular flexibility index (Phi) is 3.57. The summed E-state index contributed by atoms with van der Waals surface area (Å²) in [5, 5.41) is 2.71. The summed E-state index contributed by atoms with van der Waals surface area (Å²) in [4.78, 5) is 5.64. The Morgan fingerprint density at radius 1 is 1.22 bits per heavy atom. The molecule has 0 saturated heterocycles. The molecule has 1 aliphatic carbocycles. The number of rotatable bonds is 3. The van der Waals surface area contributed by atoms with Crippen molar-refractivity contribution < 1.29 is 0 Å². The van der Waals surface area contributed by atoms with Crippen LogP contribution in [0, 0.1) is 0 Å². The van der Waals surface area contributed by atoms with Crippen molar-refractivity contribution in [2.24, 2.45) is 0 Å². The molecule has 3 rings (SSSR count). The number of hydrogen-bond acceptors (Lipinski definition) is 4. The fraction of sp³-hybridized carbons (Fsp3) is 0.357. The maximum absolute atomic E-state index is 5.64. The molecular formula is C14H16N2S2. The lowest BCUT2D eigenvalue weighted by Gasteiger charge is -2.16. The summed E-state index contributed by atoms with van der Waals surface area (Å²) in [6.07, 6.45) is 5.18. The summed E-state index contributed by atoms with van der Waals surface area (Å²) in [5.74, 6) is 0.909. The lowest BCUT2D eigenvalue weighted by atomic mass is 9.92. The highest BCUT2D eigenvalue weighted by Crippen LogP contribution is 2.29. The van der Waals surface area contributed by atoms with Gasteiger partial charge >= 0.3 is 0 Å². The first-order chi connectivity index (χ1) is 8.81. The lowest BCUT2D eigenvalue weighted by Crippen LogP contribution is -2.02. The van der Waals surface area contributed by atoms with Crippen LogP contribution < -0.4 is 5.73 Å². The molecule has 0 spiro atoms. The summed E-state index contributed by atoms with van der Waals surface area (Å²) >= 11 is 3.36. The van der Waals surface area contributed by atoms with E-state index in [-0.39, 0.29) is 0 Å². The molecule has 1 heterocycles. The van der Waals surface area contributed by atoms with Gasteiger partial charge in [0.2, 0.25) is 0 Å². The second-order valence-corrected chi connectivity index (χ2v) is 6.54. The van der Waals surface area contributed by atoms with E-state index in [1.165, 1.54) is 41.9 Å². The first-order valence-corrected chi connectivity index (χ1v) is 8.12. The molecule has 0 amide bonds. The Morgan fingerprint density at radius 2 is 2.06 bits per heavy atom. The number of hydrogen-bond donors (Lipinski definition) is 1. The fourth-order valence-electron chi connectivity index (χ4n) is 2.35. The van der Waals surface area contributed by atoms with Crippen LogP contribution in [0.15, 0.2) is 28.5 Å². The van der Waals surface area contributed by atoms with Gasteiger partial charge in [-0.05, 0) is 48.9 Å². The predicted molar refractivity (Wildman–Crippen MR) is 79.2 cm³/mol. The Hall–Kier alpha value is -1.00. The van der Waals surface area contributed by atoms with Crippen LogP contribution in [0.25, 0.3) is 0 Å². The molecule has 2 N–H and O–H groups in total. The Bertz CT molecular complexity index is 548. The van der Waals surface area contributed by atoms with E-state index in [4.69, 9.17) is 5.73 Å². The van der Waals surface area contributed by atoms with Crippen molar-refractivity contribution in [1.82, 2.24) is 4.98 Å². The van der Waals surface area contributed by atoms with Gasteiger partial charge in [0.1, 0.15) is 0 Å². The molecule has 94 valence electrons. The van der Waals surface area contributed by atoms with Gasteiger partial charge in [0.15, 0.2) is 5.13 Å². The highest BCUT2D eigenvalue weighted by atomic mass is 32.2. The SMILES string of the molecule is Nc1nc(CSc2ccc3c(c2)CCCC3)cs1. The van der Waals surface area contributed by atoms with Crippen molar-refractivity contribution in [3.05, 3.63) is 40.4 Å². The molecule has 2 aromatic rings. The molecular weight excluding hydrogens is 260 g/mol. The van der Waals surface area contributed by atoms with Gasteiger partial charge in [-0.25, -0.2) is 4.98 Å². The lowest BCUT2D eigenvalue weighted by molar-refractivity contribution is 0.683. The zero-order chi connectivity index (χ0) is 12.4. The Balaban J connectivity index is 1.69. The van der Waals surface area contributed by atoms with Crippen LogP contribution in [0.1, 0.15) is 29.7 Å². The van der Waals surface area contributed by atoms with E-state index in [0.717, 1.165) is 11.4 Å². The van der Waals surface area contributed by atoms with Gasteiger partial charge in [0.05, 0.1) is 5.69 Å². The average molecular weight is 276 g/mol. The van der Waals surface area contributed by atoms with Gasteiger partial charge < -0.3 is 5.73 Å². The van der Waals surface area contributed by atoms with Gasteiger partial charge in [0, 0.05) is 16.0 Å². The number of thiazole rings is 1. The van der Waals surface area contributed by atoms with E-state index < -0.39 is 0 Å². The van der Waals surface area contributed by atoms with Crippen molar-refractivity contribution in [3.63, 3.8) is 0 Å². The van der Waals surface area contributed by atoms with E-state index in [2.05, 4.69) is 23.2 Å². The average Bonchev–Trinajstić information content (AvgIpc) is 2.82. The van der Waals surface area contributed by atoms with Crippen molar-refractivity contribution in [2.75, 3.05) is 5.73 Å². The molecule has 4 heteroatoms. The third kappa shape index (κ3) is 2.70. The largest absolute Gasteiger partial charge is 0.375 e. The minimum absolute atomic E-state index is 0.663. The first-order valence-electron chi connectivity index (χ1n) is 6.26. The number of anilines is 1. The van der Waals surface area contributed by atoms with E-state index in [1.54, 1.807) is 11.1 Å². The monoisotopic (exact) mass is 276 g/mol. The van der Waals surface area contributed by atoms with Crippen molar-refractivity contribution in [2.45, 2.75) is 36.3 Å². The van der Waals surface area contributed by atoms with Crippen molar-refractivity contribution >= 4 is 28.2 Å².